The Kier molecular flexibility index (Phi) is 3.23. The number of carboxylic acid groups (broad SMARTS) is 1. The van der Waals surface area contributed by atoms with Crippen molar-refractivity contribution in [2.45, 2.75) is 6.54 Å². The van der Waals surface area contributed by atoms with Crippen LogP contribution >= 0.6 is 0 Å². The molecule has 0 spiro atoms. The fourth-order valence-corrected chi connectivity index (χ4v) is 2.29. The minimum Gasteiger partial charge on any atom is -0.478 e. The second-order valence-corrected chi connectivity index (χ2v) is 4.66. The van der Waals surface area contributed by atoms with E-state index in [0.717, 1.165) is 49.6 Å². The summed E-state index contributed by atoms with van der Waals surface area (Å²) in [5.41, 5.74) is 1.01. The molecule has 0 unspecified atom stereocenters. The fraction of sp³-hybridized carbons (Fsp3) is 0.357. The van der Waals surface area contributed by atoms with Gasteiger partial charge in [-0.15, -0.1) is 0 Å². The largest absolute Gasteiger partial charge is 0.478 e. The van der Waals surface area contributed by atoms with Crippen LogP contribution in [0, 0.1) is 0 Å². The predicted octanol–water partition coefficient (Wildman–Crippen LogP) is 1.96. The number of ether oxygens (including phenoxy) is 1. The number of nitrogens with zero attached hydrogens (tertiary/aromatic N) is 1. The molecule has 1 fully saturated rings. The first kappa shape index (κ1) is 12.2. The molecule has 1 aromatic carbocycles. The number of fused-ring (bicyclic) bond motifs is 1. The second-order valence-electron chi connectivity index (χ2n) is 4.66. The first-order valence-corrected chi connectivity index (χ1v) is 6.28. The fourth-order valence-electron chi connectivity index (χ4n) is 2.29. The third-order valence-electron chi connectivity index (χ3n) is 3.30. The van der Waals surface area contributed by atoms with Gasteiger partial charge in [-0.2, -0.15) is 0 Å². The van der Waals surface area contributed by atoms with E-state index in [9.17, 15) is 4.79 Å². The molecule has 2 heterocycles. The summed E-state index contributed by atoms with van der Waals surface area (Å²) in [4.78, 5) is 13.2. The van der Waals surface area contributed by atoms with Crippen molar-refractivity contribution in [3.05, 3.63) is 35.6 Å². The molecule has 1 N–H and O–H groups in total. The number of hydrogen-bond donors (Lipinski definition) is 1. The molecule has 1 aromatic heterocycles. The van der Waals surface area contributed by atoms with Crippen molar-refractivity contribution >= 4 is 16.9 Å². The van der Waals surface area contributed by atoms with Crippen LogP contribution in [0.3, 0.4) is 0 Å². The normalized spacial score (nSPS) is 16.8. The molecule has 100 valence electrons. The van der Waals surface area contributed by atoms with Crippen molar-refractivity contribution in [3.63, 3.8) is 0 Å². The van der Waals surface area contributed by atoms with Gasteiger partial charge in [0, 0.05) is 18.5 Å². The van der Waals surface area contributed by atoms with E-state index in [1.54, 1.807) is 18.2 Å². The molecule has 19 heavy (non-hydrogen) atoms. The summed E-state index contributed by atoms with van der Waals surface area (Å²) in [6, 6.07) is 6.83. The summed E-state index contributed by atoms with van der Waals surface area (Å²) < 4.78 is 11.0. The second kappa shape index (κ2) is 5.03. The SMILES string of the molecule is O=C(O)c1ccc2oc(CN3CCOCC3)cc2c1. The standard InChI is InChI=1S/C14H15NO4/c16-14(17)10-1-2-13-11(7-10)8-12(19-13)9-15-3-5-18-6-4-15/h1-2,7-8H,3-6,9H2,(H,16,17). The van der Waals surface area contributed by atoms with Crippen LogP contribution < -0.4 is 0 Å². The average molecular weight is 261 g/mol. The van der Waals surface area contributed by atoms with Gasteiger partial charge in [-0.05, 0) is 24.3 Å². The third kappa shape index (κ3) is 2.62. The van der Waals surface area contributed by atoms with E-state index in [0.29, 0.717) is 0 Å². The van der Waals surface area contributed by atoms with Gasteiger partial charge in [0.05, 0.1) is 25.3 Å². The van der Waals surface area contributed by atoms with Crippen molar-refractivity contribution < 1.29 is 19.1 Å². The van der Waals surface area contributed by atoms with E-state index in [4.69, 9.17) is 14.3 Å². The van der Waals surface area contributed by atoms with Gasteiger partial charge in [0.15, 0.2) is 0 Å². The molecule has 5 nitrogen and oxygen atoms in total. The van der Waals surface area contributed by atoms with Gasteiger partial charge in [0.2, 0.25) is 0 Å². The number of morpholine rings is 1. The highest BCUT2D eigenvalue weighted by Crippen LogP contribution is 2.22. The van der Waals surface area contributed by atoms with E-state index in [-0.39, 0.29) is 5.56 Å². The van der Waals surface area contributed by atoms with E-state index in [1.807, 2.05) is 6.07 Å². The summed E-state index contributed by atoms with van der Waals surface area (Å²) >= 11 is 0. The molecule has 5 heteroatoms. The lowest BCUT2D eigenvalue weighted by Crippen LogP contribution is -2.35. The minimum atomic E-state index is -0.919. The number of carboxylic acids is 1. The Bertz CT molecular complexity index is 599. The zero-order valence-electron chi connectivity index (χ0n) is 10.5. The Morgan fingerprint density at radius 3 is 2.79 bits per heavy atom. The van der Waals surface area contributed by atoms with Crippen LogP contribution in [-0.4, -0.2) is 42.3 Å². The first-order valence-electron chi connectivity index (χ1n) is 6.28. The Balaban J connectivity index is 1.82. The van der Waals surface area contributed by atoms with Crippen LogP contribution in [0.5, 0.6) is 0 Å². The van der Waals surface area contributed by atoms with Gasteiger partial charge in [-0.3, -0.25) is 4.90 Å². The van der Waals surface area contributed by atoms with Crippen LogP contribution in [0.2, 0.25) is 0 Å². The molecular weight excluding hydrogens is 246 g/mol. The lowest BCUT2D eigenvalue weighted by atomic mass is 10.1. The summed E-state index contributed by atoms with van der Waals surface area (Å²) in [6.45, 7) is 4.04. The maximum atomic E-state index is 10.9. The Labute approximate surface area is 110 Å². The van der Waals surface area contributed by atoms with Crippen LogP contribution in [0.15, 0.2) is 28.7 Å². The molecule has 0 aliphatic carbocycles. The molecule has 0 radical (unpaired) electrons. The minimum absolute atomic E-state index is 0.284. The van der Waals surface area contributed by atoms with E-state index >= 15 is 0 Å². The number of hydrogen-bond acceptors (Lipinski definition) is 4. The van der Waals surface area contributed by atoms with Crippen molar-refractivity contribution in [3.8, 4) is 0 Å². The van der Waals surface area contributed by atoms with Crippen LogP contribution in [0.1, 0.15) is 16.1 Å². The molecule has 3 rings (SSSR count). The van der Waals surface area contributed by atoms with Crippen LogP contribution in [-0.2, 0) is 11.3 Å². The molecule has 0 amide bonds. The summed E-state index contributed by atoms with van der Waals surface area (Å²) in [5.74, 6) is -0.0581. The Hall–Kier alpha value is -1.85. The highest BCUT2D eigenvalue weighted by molar-refractivity contribution is 5.93. The number of benzene rings is 1. The molecular formula is C14H15NO4. The van der Waals surface area contributed by atoms with E-state index in [1.165, 1.54) is 0 Å². The first-order chi connectivity index (χ1) is 9.22. The van der Waals surface area contributed by atoms with Gasteiger partial charge in [0.25, 0.3) is 0 Å². The van der Waals surface area contributed by atoms with Crippen molar-refractivity contribution in [2.24, 2.45) is 0 Å². The van der Waals surface area contributed by atoms with Crippen molar-refractivity contribution in [2.75, 3.05) is 26.3 Å². The quantitative estimate of drug-likeness (QED) is 0.915. The Morgan fingerprint density at radius 1 is 1.26 bits per heavy atom. The lowest BCUT2D eigenvalue weighted by molar-refractivity contribution is 0.0315. The van der Waals surface area contributed by atoms with E-state index < -0.39 is 5.97 Å². The summed E-state index contributed by atoms with van der Waals surface area (Å²) in [6.07, 6.45) is 0. The number of carbonyl (C=O) groups is 1. The van der Waals surface area contributed by atoms with Gasteiger partial charge in [0.1, 0.15) is 11.3 Å². The maximum absolute atomic E-state index is 10.9. The van der Waals surface area contributed by atoms with Gasteiger partial charge < -0.3 is 14.3 Å². The topological polar surface area (TPSA) is 62.9 Å². The third-order valence-corrected chi connectivity index (χ3v) is 3.30. The zero-order valence-corrected chi connectivity index (χ0v) is 10.5. The highest BCUT2D eigenvalue weighted by atomic mass is 16.5. The molecule has 0 saturated carbocycles. The average Bonchev–Trinajstić information content (AvgIpc) is 2.80. The molecule has 1 aliphatic heterocycles. The predicted molar refractivity (Wildman–Crippen MR) is 69.3 cm³/mol. The number of rotatable bonds is 3. The highest BCUT2D eigenvalue weighted by Gasteiger charge is 2.14. The number of furan rings is 1. The molecule has 2 aromatic rings. The van der Waals surface area contributed by atoms with Gasteiger partial charge >= 0.3 is 5.97 Å². The zero-order chi connectivity index (χ0) is 13.2. The molecule has 1 aliphatic rings. The molecule has 0 atom stereocenters. The van der Waals surface area contributed by atoms with Crippen molar-refractivity contribution in [1.82, 2.24) is 4.90 Å². The maximum Gasteiger partial charge on any atom is 0.335 e. The van der Waals surface area contributed by atoms with Crippen LogP contribution in [0.4, 0.5) is 0 Å². The van der Waals surface area contributed by atoms with Crippen LogP contribution in [0.25, 0.3) is 11.0 Å². The van der Waals surface area contributed by atoms with Gasteiger partial charge in [-0.1, -0.05) is 0 Å². The van der Waals surface area contributed by atoms with Gasteiger partial charge in [-0.25, -0.2) is 4.79 Å². The summed E-state index contributed by atoms with van der Waals surface area (Å²) in [7, 11) is 0. The molecule has 1 saturated heterocycles. The number of aromatic carboxylic acids is 1. The smallest absolute Gasteiger partial charge is 0.335 e. The van der Waals surface area contributed by atoms with E-state index in [2.05, 4.69) is 4.90 Å². The monoisotopic (exact) mass is 261 g/mol. The molecule has 0 bridgehead atoms. The Morgan fingerprint density at radius 2 is 2.05 bits per heavy atom. The lowest BCUT2D eigenvalue weighted by Gasteiger charge is -2.25. The van der Waals surface area contributed by atoms with Crippen molar-refractivity contribution in [1.29, 1.82) is 0 Å². The summed E-state index contributed by atoms with van der Waals surface area (Å²) in [5, 5.41) is 9.80.